The topological polar surface area (TPSA) is 35.2 Å². The van der Waals surface area contributed by atoms with Crippen LogP contribution in [0.4, 0.5) is 8.78 Å². The molecule has 2 nitrogen and oxygen atoms in total. The van der Waals surface area contributed by atoms with E-state index in [9.17, 15) is 8.78 Å². The molecule has 0 amide bonds. The molecule has 0 atom stereocenters. The summed E-state index contributed by atoms with van der Waals surface area (Å²) < 4.78 is 33.3. The summed E-state index contributed by atoms with van der Waals surface area (Å²) in [5, 5.41) is 0.164. The van der Waals surface area contributed by atoms with Crippen LogP contribution in [0.5, 0.6) is 5.75 Å². The van der Waals surface area contributed by atoms with Crippen molar-refractivity contribution in [2.24, 2.45) is 11.1 Å². The maximum atomic E-state index is 14.2. The van der Waals surface area contributed by atoms with Crippen molar-refractivity contribution in [1.82, 2.24) is 0 Å². The monoisotopic (exact) mass is 263 g/mol. The van der Waals surface area contributed by atoms with Crippen molar-refractivity contribution >= 4 is 11.6 Å². The Morgan fingerprint density at radius 3 is 2.35 bits per heavy atom. The molecule has 0 heterocycles. The highest BCUT2D eigenvalue weighted by atomic mass is 35.5. The number of benzene rings is 1. The van der Waals surface area contributed by atoms with Crippen LogP contribution < -0.4 is 10.5 Å². The van der Waals surface area contributed by atoms with Gasteiger partial charge in [0.05, 0.1) is 12.1 Å². The molecule has 0 aliphatic carbocycles. The minimum absolute atomic E-state index is 0.121. The van der Waals surface area contributed by atoms with Gasteiger partial charge in [-0.15, -0.1) is 0 Å². The fourth-order valence-corrected chi connectivity index (χ4v) is 1.64. The zero-order chi connectivity index (χ0) is 13.3. The number of rotatable bonds is 4. The molecule has 0 spiro atoms. The minimum atomic E-state index is -3.04. The maximum absolute atomic E-state index is 14.2. The van der Waals surface area contributed by atoms with E-state index in [0.717, 1.165) is 0 Å². The van der Waals surface area contributed by atoms with E-state index >= 15 is 0 Å². The molecule has 17 heavy (non-hydrogen) atoms. The number of methoxy groups -OCH3 is 1. The summed E-state index contributed by atoms with van der Waals surface area (Å²) in [5.41, 5.74) is 3.90. The lowest BCUT2D eigenvalue weighted by molar-refractivity contribution is -0.108. The molecular weight excluding hydrogens is 248 g/mol. The van der Waals surface area contributed by atoms with Gasteiger partial charge in [-0.05, 0) is 18.2 Å². The van der Waals surface area contributed by atoms with Gasteiger partial charge >= 0.3 is 0 Å². The van der Waals surface area contributed by atoms with Gasteiger partial charge < -0.3 is 10.5 Å². The van der Waals surface area contributed by atoms with Crippen LogP contribution >= 0.6 is 11.6 Å². The van der Waals surface area contributed by atoms with Gasteiger partial charge in [-0.25, -0.2) is 8.78 Å². The Kier molecular flexibility index (Phi) is 3.99. The van der Waals surface area contributed by atoms with E-state index in [1.807, 2.05) is 0 Å². The van der Waals surface area contributed by atoms with Crippen molar-refractivity contribution in [2.75, 3.05) is 13.7 Å². The van der Waals surface area contributed by atoms with Gasteiger partial charge in [0.1, 0.15) is 5.75 Å². The van der Waals surface area contributed by atoms with E-state index in [0.29, 0.717) is 5.75 Å². The molecule has 0 radical (unpaired) electrons. The lowest BCUT2D eigenvalue weighted by Gasteiger charge is -2.33. The van der Waals surface area contributed by atoms with Crippen LogP contribution in [0.25, 0.3) is 0 Å². The Balaban J connectivity index is 3.20. The van der Waals surface area contributed by atoms with Gasteiger partial charge in [-0.3, -0.25) is 0 Å². The van der Waals surface area contributed by atoms with Crippen LogP contribution in [0.2, 0.25) is 5.02 Å². The molecule has 0 aliphatic heterocycles. The Hall–Kier alpha value is -0.870. The van der Waals surface area contributed by atoms with Crippen molar-refractivity contribution < 1.29 is 13.5 Å². The van der Waals surface area contributed by atoms with E-state index in [2.05, 4.69) is 0 Å². The predicted octanol–water partition coefficient (Wildman–Crippen LogP) is 3.43. The number of hydrogen-bond donors (Lipinski definition) is 1. The summed E-state index contributed by atoms with van der Waals surface area (Å²) in [5.74, 6) is -2.67. The average Bonchev–Trinajstić information content (AvgIpc) is 2.28. The zero-order valence-electron chi connectivity index (χ0n) is 10.1. The standard InChI is InChI=1S/C12H16ClF2NO/c1-11(2,7-16)12(14,15)8-4-5-10(17-3)9(13)6-8/h4-6H,7,16H2,1-3H3. The van der Waals surface area contributed by atoms with Crippen LogP contribution in [0.3, 0.4) is 0 Å². The summed E-state index contributed by atoms with van der Waals surface area (Å²) >= 11 is 5.84. The first kappa shape index (κ1) is 14.2. The Labute approximate surface area is 105 Å². The van der Waals surface area contributed by atoms with Crippen LogP contribution in [0.15, 0.2) is 18.2 Å². The summed E-state index contributed by atoms with van der Waals surface area (Å²) in [6.45, 7) is 2.72. The molecule has 0 bridgehead atoms. The molecule has 5 heteroatoms. The Bertz CT molecular complexity index is 407. The van der Waals surface area contributed by atoms with Crippen molar-refractivity contribution in [2.45, 2.75) is 19.8 Å². The first-order chi connectivity index (χ1) is 7.76. The van der Waals surface area contributed by atoms with E-state index in [4.69, 9.17) is 22.1 Å². The largest absolute Gasteiger partial charge is 0.495 e. The minimum Gasteiger partial charge on any atom is -0.495 e. The third-order valence-electron chi connectivity index (χ3n) is 2.87. The van der Waals surface area contributed by atoms with E-state index < -0.39 is 11.3 Å². The van der Waals surface area contributed by atoms with Gasteiger partial charge in [-0.1, -0.05) is 25.4 Å². The lowest BCUT2D eigenvalue weighted by atomic mass is 9.81. The maximum Gasteiger partial charge on any atom is 0.279 e. The van der Waals surface area contributed by atoms with Crippen LogP contribution in [0, 0.1) is 5.41 Å². The normalized spacial score (nSPS) is 12.6. The van der Waals surface area contributed by atoms with E-state index in [1.165, 1.54) is 39.2 Å². The first-order valence-corrected chi connectivity index (χ1v) is 5.56. The predicted molar refractivity (Wildman–Crippen MR) is 64.7 cm³/mol. The summed E-state index contributed by atoms with van der Waals surface area (Å²) in [6, 6.07) is 3.96. The molecule has 2 N–H and O–H groups in total. The molecule has 96 valence electrons. The molecule has 1 aromatic rings. The third-order valence-corrected chi connectivity index (χ3v) is 3.17. The van der Waals surface area contributed by atoms with Crippen molar-refractivity contribution in [1.29, 1.82) is 0 Å². The molecule has 0 aromatic heterocycles. The molecule has 0 saturated heterocycles. The Morgan fingerprint density at radius 1 is 1.35 bits per heavy atom. The number of halogens is 3. The van der Waals surface area contributed by atoms with Crippen LogP contribution in [-0.2, 0) is 5.92 Å². The van der Waals surface area contributed by atoms with E-state index in [-0.39, 0.29) is 17.1 Å². The van der Waals surface area contributed by atoms with Gasteiger partial charge in [-0.2, -0.15) is 0 Å². The highest BCUT2D eigenvalue weighted by Gasteiger charge is 2.47. The number of alkyl halides is 2. The average molecular weight is 264 g/mol. The quantitative estimate of drug-likeness (QED) is 0.903. The second-order valence-corrected chi connectivity index (χ2v) is 4.92. The molecule has 0 fully saturated rings. The smallest absolute Gasteiger partial charge is 0.279 e. The molecule has 1 rings (SSSR count). The van der Waals surface area contributed by atoms with Gasteiger partial charge in [0, 0.05) is 17.5 Å². The second-order valence-electron chi connectivity index (χ2n) is 4.51. The number of hydrogen-bond acceptors (Lipinski definition) is 2. The zero-order valence-corrected chi connectivity index (χ0v) is 10.8. The summed E-state index contributed by atoms with van der Waals surface area (Å²) in [6.07, 6.45) is 0. The SMILES string of the molecule is COc1ccc(C(F)(F)C(C)(C)CN)cc1Cl. The molecular formula is C12H16ClF2NO. The third kappa shape index (κ3) is 2.53. The van der Waals surface area contributed by atoms with Crippen LogP contribution in [-0.4, -0.2) is 13.7 Å². The second kappa shape index (κ2) is 4.78. The highest BCUT2D eigenvalue weighted by Crippen LogP contribution is 2.45. The number of ether oxygens (including phenoxy) is 1. The first-order valence-electron chi connectivity index (χ1n) is 5.18. The highest BCUT2D eigenvalue weighted by molar-refractivity contribution is 6.32. The van der Waals surface area contributed by atoms with Gasteiger partial charge in [0.15, 0.2) is 0 Å². The van der Waals surface area contributed by atoms with Crippen molar-refractivity contribution in [3.05, 3.63) is 28.8 Å². The fourth-order valence-electron chi connectivity index (χ4n) is 1.38. The Morgan fingerprint density at radius 2 is 1.94 bits per heavy atom. The molecule has 1 aromatic carbocycles. The van der Waals surface area contributed by atoms with Crippen molar-refractivity contribution in [3.63, 3.8) is 0 Å². The van der Waals surface area contributed by atoms with Gasteiger partial charge in [0.2, 0.25) is 0 Å². The molecule has 0 aliphatic rings. The van der Waals surface area contributed by atoms with Crippen molar-refractivity contribution in [3.8, 4) is 5.75 Å². The fraction of sp³-hybridized carbons (Fsp3) is 0.500. The number of nitrogens with two attached hydrogens (primary N) is 1. The lowest BCUT2D eigenvalue weighted by Crippen LogP contribution is -2.40. The van der Waals surface area contributed by atoms with Crippen LogP contribution in [0.1, 0.15) is 19.4 Å². The summed E-state index contributed by atoms with van der Waals surface area (Å²) in [4.78, 5) is 0. The molecule has 0 saturated carbocycles. The molecule has 0 unspecified atom stereocenters. The van der Waals surface area contributed by atoms with E-state index in [1.54, 1.807) is 0 Å². The summed E-state index contributed by atoms with van der Waals surface area (Å²) in [7, 11) is 1.43. The van der Waals surface area contributed by atoms with Gasteiger partial charge in [0.25, 0.3) is 5.92 Å².